The van der Waals surface area contributed by atoms with Crippen molar-refractivity contribution in [1.29, 1.82) is 0 Å². The molecule has 2 aromatic carbocycles. The fraction of sp³-hybridized carbons (Fsp3) is 0.286. The lowest BCUT2D eigenvalue weighted by Crippen LogP contribution is -2.28. The summed E-state index contributed by atoms with van der Waals surface area (Å²) in [6.45, 7) is 1.55. The molecule has 8 heteroatoms. The Morgan fingerprint density at radius 3 is 2.90 bits per heavy atom. The number of hydrogen-bond donors (Lipinski definition) is 1. The average Bonchev–Trinajstić information content (AvgIpc) is 3.31. The lowest BCUT2D eigenvalue weighted by atomic mass is 10.2. The first kappa shape index (κ1) is 19.3. The second-order valence-corrected chi connectivity index (χ2v) is 7.61. The number of hydrogen-bond acceptors (Lipinski definition) is 5. The maximum absolute atomic E-state index is 12.6. The zero-order valence-electron chi connectivity index (χ0n) is 16.1. The summed E-state index contributed by atoms with van der Waals surface area (Å²) in [7, 11) is 0. The molecule has 29 heavy (non-hydrogen) atoms. The van der Waals surface area contributed by atoms with Gasteiger partial charge >= 0.3 is 6.09 Å². The lowest BCUT2D eigenvalue weighted by Gasteiger charge is -2.14. The van der Waals surface area contributed by atoms with Crippen molar-refractivity contribution < 1.29 is 14.3 Å². The molecule has 1 saturated heterocycles. The van der Waals surface area contributed by atoms with Gasteiger partial charge in [-0.05, 0) is 36.1 Å². The first-order valence-electron chi connectivity index (χ1n) is 9.38. The number of imidazole rings is 1. The summed E-state index contributed by atoms with van der Waals surface area (Å²) in [5, 5.41) is 2.97. The molecule has 2 amide bonds. The van der Waals surface area contributed by atoms with Crippen LogP contribution in [0.4, 0.5) is 10.5 Å². The van der Waals surface area contributed by atoms with Crippen LogP contribution in [0.15, 0.2) is 48.5 Å². The zero-order chi connectivity index (χ0) is 20.2. The Hall–Kier alpha value is -3.00. The molecular weight excluding hydrogens is 388 g/mol. The van der Waals surface area contributed by atoms with Gasteiger partial charge in [-0.15, -0.1) is 0 Å². The third-order valence-electron chi connectivity index (χ3n) is 4.78. The first-order valence-corrected chi connectivity index (χ1v) is 10.8. The van der Waals surface area contributed by atoms with Gasteiger partial charge < -0.3 is 14.6 Å². The fourth-order valence-electron chi connectivity index (χ4n) is 3.40. The molecular formula is C21H22N4O3S. The van der Waals surface area contributed by atoms with Gasteiger partial charge in [0.1, 0.15) is 19.0 Å². The second kappa shape index (κ2) is 8.57. The van der Waals surface area contributed by atoms with Crippen molar-refractivity contribution in [3.8, 4) is 0 Å². The number of fused-ring (bicyclic) bond motifs is 1. The smallest absolute Gasteiger partial charge is 0.414 e. The number of cyclic esters (lactones) is 1. The molecule has 1 aromatic heterocycles. The van der Waals surface area contributed by atoms with Crippen molar-refractivity contribution in [2.24, 2.45) is 0 Å². The largest absolute Gasteiger partial charge is 0.447 e. The van der Waals surface area contributed by atoms with Crippen molar-refractivity contribution >= 4 is 40.5 Å². The number of aromatic nitrogens is 2. The molecule has 3 aromatic rings. The monoisotopic (exact) mass is 410 g/mol. The van der Waals surface area contributed by atoms with Crippen LogP contribution in [0.1, 0.15) is 11.4 Å². The first-order chi connectivity index (χ1) is 14.2. The lowest BCUT2D eigenvalue weighted by molar-refractivity contribution is -0.121. The van der Waals surface area contributed by atoms with Crippen molar-refractivity contribution in [3.63, 3.8) is 0 Å². The predicted molar refractivity (Wildman–Crippen MR) is 114 cm³/mol. The van der Waals surface area contributed by atoms with Crippen molar-refractivity contribution in [2.45, 2.75) is 18.8 Å². The Morgan fingerprint density at radius 2 is 2.10 bits per heavy atom. The van der Waals surface area contributed by atoms with Gasteiger partial charge in [0.25, 0.3) is 0 Å². The van der Waals surface area contributed by atoms with Gasteiger partial charge in [0, 0.05) is 12.2 Å². The Bertz CT molecular complexity index is 1050. The molecule has 1 aliphatic heterocycles. The number of nitrogens with zero attached hydrogens (tertiary/aromatic N) is 3. The number of carbonyl (C=O) groups excluding carboxylic acids is 2. The van der Waals surface area contributed by atoms with Gasteiger partial charge in [-0.1, -0.05) is 24.3 Å². The molecule has 1 N–H and O–H groups in total. The molecule has 0 bridgehead atoms. The van der Waals surface area contributed by atoms with Crippen molar-refractivity contribution in [2.75, 3.05) is 24.3 Å². The standard InChI is InChI=1S/C21H22N4O3S/c1-29-14-19-23-17-7-2-3-8-18(17)25(19)13-20(26)22-12-15-5-4-6-16(11-15)24-9-10-28-21(24)27/h2-8,11H,9-10,12-14H2,1H3,(H,22,26). The molecule has 0 saturated carbocycles. The molecule has 1 fully saturated rings. The number of para-hydroxylation sites is 2. The number of nitrogens with one attached hydrogen (secondary N) is 1. The third-order valence-corrected chi connectivity index (χ3v) is 5.33. The van der Waals surface area contributed by atoms with E-state index in [2.05, 4.69) is 10.3 Å². The molecule has 1 aliphatic rings. The van der Waals surface area contributed by atoms with E-state index in [0.717, 1.165) is 33.9 Å². The van der Waals surface area contributed by atoms with Crippen LogP contribution in [-0.2, 0) is 28.4 Å². The van der Waals surface area contributed by atoms with E-state index in [4.69, 9.17) is 4.74 Å². The van der Waals surface area contributed by atoms with Gasteiger partial charge in [-0.2, -0.15) is 11.8 Å². The third kappa shape index (κ3) is 4.22. The number of benzene rings is 2. The van der Waals surface area contributed by atoms with E-state index in [-0.39, 0.29) is 18.5 Å². The maximum atomic E-state index is 12.6. The van der Waals surface area contributed by atoms with Gasteiger partial charge in [0.15, 0.2) is 0 Å². The minimum absolute atomic E-state index is 0.0820. The zero-order valence-corrected chi connectivity index (χ0v) is 16.9. The molecule has 0 aliphatic carbocycles. The number of ether oxygens (including phenoxy) is 1. The van der Waals surface area contributed by atoms with E-state index in [9.17, 15) is 9.59 Å². The summed E-state index contributed by atoms with van der Waals surface area (Å²) in [6.07, 6.45) is 1.69. The number of anilines is 1. The van der Waals surface area contributed by atoms with Crippen LogP contribution < -0.4 is 10.2 Å². The van der Waals surface area contributed by atoms with Gasteiger partial charge in [0.2, 0.25) is 5.91 Å². The van der Waals surface area contributed by atoms with E-state index < -0.39 is 0 Å². The molecule has 150 valence electrons. The van der Waals surface area contributed by atoms with E-state index in [1.165, 1.54) is 0 Å². The highest BCUT2D eigenvalue weighted by Gasteiger charge is 2.23. The summed E-state index contributed by atoms with van der Waals surface area (Å²) in [5.41, 5.74) is 3.56. The minimum Gasteiger partial charge on any atom is -0.447 e. The summed E-state index contributed by atoms with van der Waals surface area (Å²) in [4.78, 5) is 30.6. The highest BCUT2D eigenvalue weighted by atomic mass is 32.2. The Morgan fingerprint density at radius 1 is 1.24 bits per heavy atom. The number of thioether (sulfide) groups is 1. The van der Waals surface area contributed by atoms with E-state index >= 15 is 0 Å². The molecule has 0 unspecified atom stereocenters. The summed E-state index contributed by atoms with van der Waals surface area (Å²) in [5.74, 6) is 1.56. The van der Waals surface area contributed by atoms with Gasteiger partial charge in [-0.3, -0.25) is 9.69 Å². The van der Waals surface area contributed by atoms with Gasteiger partial charge in [0.05, 0.1) is 23.3 Å². The van der Waals surface area contributed by atoms with E-state index in [0.29, 0.717) is 19.7 Å². The minimum atomic E-state index is -0.334. The SMILES string of the molecule is CSCc1nc2ccccc2n1CC(=O)NCc1cccc(N2CCOC2=O)c1. The normalized spacial score (nSPS) is 13.7. The summed E-state index contributed by atoms with van der Waals surface area (Å²) >= 11 is 1.68. The maximum Gasteiger partial charge on any atom is 0.414 e. The fourth-order valence-corrected chi connectivity index (χ4v) is 3.88. The number of carbonyl (C=O) groups is 2. The highest BCUT2D eigenvalue weighted by molar-refractivity contribution is 7.97. The molecule has 0 atom stereocenters. The molecule has 4 rings (SSSR count). The van der Waals surface area contributed by atoms with Crippen molar-refractivity contribution in [1.82, 2.24) is 14.9 Å². The Kier molecular flexibility index (Phi) is 5.71. The topological polar surface area (TPSA) is 76.5 Å². The van der Waals surface area contributed by atoms with Crippen LogP contribution in [0, 0.1) is 0 Å². The van der Waals surface area contributed by atoms with Crippen LogP contribution in [0.2, 0.25) is 0 Å². The van der Waals surface area contributed by atoms with Crippen LogP contribution in [0.25, 0.3) is 11.0 Å². The van der Waals surface area contributed by atoms with Gasteiger partial charge in [-0.25, -0.2) is 9.78 Å². The Balaban J connectivity index is 1.44. The van der Waals surface area contributed by atoms with E-state index in [1.807, 2.05) is 59.4 Å². The van der Waals surface area contributed by atoms with Crippen molar-refractivity contribution in [3.05, 3.63) is 59.9 Å². The van der Waals surface area contributed by atoms with Crippen LogP contribution in [-0.4, -0.2) is 41.0 Å². The Labute approximate surface area is 173 Å². The predicted octanol–water partition coefficient (Wildman–Crippen LogP) is 3.17. The molecule has 7 nitrogen and oxygen atoms in total. The summed E-state index contributed by atoms with van der Waals surface area (Å²) in [6, 6.07) is 15.4. The van der Waals surface area contributed by atoms with Crippen LogP contribution in [0.3, 0.4) is 0 Å². The molecule has 0 spiro atoms. The molecule has 2 heterocycles. The van der Waals surface area contributed by atoms with E-state index in [1.54, 1.807) is 16.7 Å². The van der Waals surface area contributed by atoms with Crippen LogP contribution in [0.5, 0.6) is 0 Å². The second-order valence-electron chi connectivity index (χ2n) is 6.75. The average molecular weight is 410 g/mol. The van der Waals surface area contributed by atoms with Crippen LogP contribution >= 0.6 is 11.8 Å². The quantitative estimate of drug-likeness (QED) is 0.647. The number of rotatable bonds is 7. The summed E-state index contributed by atoms with van der Waals surface area (Å²) < 4.78 is 6.96. The highest BCUT2D eigenvalue weighted by Crippen LogP contribution is 2.21. The number of amides is 2. The molecule has 0 radical (unpaired) electrons.